The fourth-order valence-corrected chi connectivity index (χ4v) is 2.56. The fourth-order valence-electron chi connectivity index (χ4n) is 2.11. The standard InChI is InChI=1S/C18H12Cl2F3N3O/c1-10-6-12(19)2-5-16(10)25-9-11(8-24)17(27)26-13-3-4-15(20)14(7-13)18(21,22)23/h2-7,9,25H,1H3,(H,26,27)/b11-9-. The van der Waals surface area contributed by atoms with Crippen LogP contribution in [-0.4, -0.2) is 5.91 Å². The van der Waals surface area contributed by atoms with Crippen molar-refractivity contribution >= 4 is 40.5 Å². The molecule has 0 heterocycles. The molecular formula is C18H12Cl2F3N3O. The Hall–Kier alpha value is -2.69. The van der Waals surface area contributed by atoms with Gasteiger partial charge in [0.2, 0.25) is 0 Å². The molecule has 1 amide bonds. The quantitative estimate of drug-likeness (QED) is 0.493. The van der Waals surface area contributed by atoms with E-state index in [4.69, 9.17) is 28.5 Å². The molecule has 0 aliphatic carbocycles. The van der Waals surface area contributed by atoms with E-state index in [-0.39, 0.29) is 11.3 Å². The maximum atomic E-state index is 12.9. The number of carbonyl (C=O) groups excluding carboxylic acids is 1. The van der Waals surface area contributed by atoms with Crippen molar-refractivity contribution in [3.05, 3.63) is 69.3 Å². The van der Waals surface area contributed by atoms with Crippen LogP contribution in [0.4, 0.5) is 24.5 Å². The number of anilines is 2. The van der Waals surface area contributed by atoms with Crippen molar-refractivity contribution in [1.82, 2.24) is 0 Å². The summed E-state index contributed by atoms with van der Waals surface area (Å²) in [5, 5.41) is 14.2. The lowest BCUT2D eigenvalue weighted by Gasteiger charge is -2.12. The summed E-state index contributed by atoms with van der Waals surface area (Å²) in [5.41, 5.74) is -0.150. The number of alkyl halides is 3. The topological polar surface area (TPSA) is 64.9 Å². The third-order valence-electron chi connectivity index (χ3n) is 3.46. The summed E-state index contributed by atoms with van der Waals surface area (Å²) in [6.07, 6.45) is -3.51. The molecule has 0 unspecified atom stereocenters. The van der Waals surface area contributed by atoms with E-state index in [0.29, 0.717) is 16.8 Å². The second kappa shape index (κ2) is 8.33. The van der Waals surface area contributed by atoms with Crippen molar-refractivity contribution in [2.75, 3.05) is 10.6 Å². The van der Waals surface area contributed by atoms with Gasteiger partial charge in [0.1, 0.15) is 11.6 Å². The third-order valence-corrected chi connectivity index (χ3v) is 4.02. The Morgan fingerprint density at radius 2 is 1.89 bits per heavy atom. The molecule has 0 saturated heterocycles. The van der Waals surface area contributed by atoms with E-state index in [2.05, 4.69) is 10.6 Å². The molecule has 0 aliphatic rings. The van der Waals surface area contributed by atoms with Gasteiger partial charge in [-0.15, -0.1) is 0 Å². The van der Waals surface area contributed by atoms with Gasteiger partial charge in [0.15, 0.2) is 0 Å². The molecule has 0 aliphatic heterocycles. The van der Waals surface area contributed by atoms with Gasteiger partial charge in [0.25, 0.3) is 5.91 Å². The first-order valence-electron chi connectivity index (χ1n) is 7.43. The number of nitrogens with one attached hydrogen (secondary N) is 2. The summed E-state index contributed by atoms with van der Waals surface area (Å²) in [4.78, 5) is 12.2. The Balaban J connectivity index is 2.19. The molecule has 0 saturated carbocycles. The molecule has 0 spiro atoms. The minimum absolute atomic E-state index is 0.138. The number of aryl methyl sites for hydroxylation is 1. The first-order chi connectivity index (χ1) is 12.6. The molecule has 4 nitrogen and oxygen atoms in total. The Morgan fingerprint density at radius 3 is 2.48 bits per heavy atom. The average Bonchev–Trinajstić information content (AvgIpc) is 2.57. The molecule has 2 aromatic carbocycles. The van der Waals surface area contributed by atoms with Crippen LogP contribution in [0.2, 0.25) is 10.0 Å². The highest BCUT2D eigenvalue weighted by Gasteiger charge is 2.33. The Labute approximate surface area is 163 Å². The lowest BCUT2D eigenvalue weighted by atomic mass is 10.1. The number of halogens is 5. The third kappa shape index (κ3) is 5.39. The van der Waals surface area contributed by atoms with E-state index in [1.165, 1.54) is 6.07 Å². The normalized spacial score (nSPS) is 11.7. The monoisotopic (exact) mass is 413 g/mol. The SMILES string of the molecule is Cc1cc(Cl)ccc1N/C=C(/C#N)C(=O)Nc1ccc(Cl)c(C(F)(F)F)c1. The van der Waals surface area contributed by atoms with E-state index >= 15 is 0 Å². The minimum atomic E-state index is -4.67. The first kappa shape index (κ1) is 20.6. The highest BCUT2D eigenvalue weighted by molar-refractivity contribution is 6.31. The fraction of sp³-hybridized carbons (Fsp3) is 0.111. The zero-order chi connectivity index (χ0) is 20.2. The zero-order valence-corrected chi connectivity index (χ0v) is 15.3. The Morgan fingerprint density at radius 1 is 1.19 bits per heavy atom. The largest absolute Gasteiger partial charge is 0.417 e. The van der Waals surface area contributed by atoms with E-state index < -0.39 is 22.7 Å². The average molecular weight is 414 g/mol. The number of hydrogen-bond donors (Lipinski definition) is 2. The first-order valence-corrected chi connectivity index (χ1v) is 8.18. The second-order valence-electron chi connectivity index (χ2n) is 5.42. The summed E-state index contributed by atoms with van der Waals surface area (Å²) in [5.74, 6) is -0.868. The van der Waals surface area contributed by atoms with Crippen molar-refractivity contribution in [2.24, 2.45) is 0 Å². The molecule has 2 aromatic rings. The minimum Gasteiger partial charge on any atom is -0.360 e. The summed E-state index contributed by atoms with van der Waals surface area (Å²) in [7, 11) is 0. The van der Waals surface area contributed by atoms with Crippen molar-refractivity contribution in [3.63, 3.8) is 0 Å². The van der Waals surface area contributed by atoms with Crippen LogP contribution >= 0.6 is 23.2 Å². The lowest BCUT2D eigenvalue weighted by Crippen LogP contribution is -2.15. The molecule has 2 rings (SSSR count). The number of nitrogens with zero attached hydrogens (tertiary/aromatic N) is 1. The smallest absolute Gasteiger partial charge is 0.360 e. The highest BCUT2D eigenvalue weighted by atomic mass is 35.5. The number of benzene rings is 2. The number of amides is 1. The van der Waals surface area contributed by atoms with Crippen LogP contribution in [0.25, 0.3) is 0 Å². The predicted molar refractivity (Wildman–Crippen MR) is 98.6 cm³/mol. The van der Waals surface area contributed by atoms with Gasteiger partial charge in [-0.2, -0.15) is 18.4 Å². The van der Waals surface area contributed by atoms with Gasteiger partial charge in [0, 0.05) is 22.6 Å². The van der Waals surface area contributed by atoms with Crippen molar-refractivity contribution in [3.8, 4) is 6.07 Å². The van der Waals surface area contributed by atoms with Gasteiger partial charge in [-0.25, -0.2) is 0 Å². The van der Waals surface area contributed by atoms with Gasteiger partial charge in [-0.3, -0.25) is 4.79 Å². The molecule has 0 aromatic heterocycles. The highest BCUT2D eigenvalue weighted by Crippen LogP contribution is 2.36. The molecule has 27 heavy (non-hydrogen) atoms. The number of carbonyl (C=O) groups is 1. The molecule has 9 heteroatoms. The van der Waals surface area contributed by atoms with Gasteiger partial charge >= 0.3 is 6.18 Å². The summed E-state index contributed by atoms with van der Waals surface area (Å²) in [6.45, 7) is 1.78. The van der Waals surface area contributed by atoms with Crippen LogP contribution in [-0.2, 0) is 11.0 Å². The lowest BCUT2D eigenvalue weighted by molar-refractivity contribution is -0.137. The van der Waals surface area contributed by atoms with E-state index in [1.807, 2.05) is 0 Å². The van der Waals surface area contributed by atoms with Gasteiger partial charge in [0.05, 0.1) is 10.6 Å². The molecule has 0 fully saturated rings. The van der Waals surface area contributed by atoms with Crippen molar-refractivity contribution in [1.29, 1.82) is 5.26 Å². The van der Waals surface area contributed by atoms with Crippen molar-refractivity contribution in [2.45, 2.75) is 13.1 Å². The summed E-state index contributed by atoms with van der Waals surface area (Å²) >= 11 is 11.4. The van der Waals surface area contributed by atoms with Gasteiger partial charge in [-0.05, 0) is 48.9 Å². The number of hydrogen-bond acceptors (Lipinski definition) is 3. The van der Waals surface area contributed by atoms with Crippen LogP contribution in [0.15, 0.2) is 48.2 Å². The van der Waals surface area contributed by atoms with E-state index in [9.17, 15) is 18.0 Å². The molecule has 2 N–H and O–H groups in total. The molecule has 140 valence electrons. The maximum absolute atomic E-state index is 12.9. The van der Waals surface area contributed by atoms with E-state index in [1.54, 1.807) is 31.2 Å². The van der Waals surface area contributed by atoms with Gasteiger partial charge < -0.3 is 10.6 Å². The van der Waals surface area contributed by atoms with Crippen molar-refractivity contribution < 1.29 is 18.0 Å². The zero-order valence-electron chi connectivity index (χ0n) is 13.8. The summed E-state index contributed by atoms with van der Waals surface area (Å²) in [6, 6.07) is 9.60. The van der Waals surface area contributed by atoms with Crippen LogP contribution in [0.5, 0.6) is 0 Å². The van der Waals surface area contributed by atoms with Crippen LogP contribution < -0.4 is 10.6 Å². The second-order valence-corrected chi connectivity index (χ2v) is 6.26. The number of nitriles is 1. The Bertz CT molecular complexity index is 950. The Kier molecular flexibility index (Phi) is 6.37. The van der Waals surface area contributed by atoms with Gasteiger partial charge in [-0.1, -0.05) is 23.2 Å². The maximum Gasteiger partial charge on any atom is 0.417 e. The molecule has 0 radical (unpaired) electrons. The predicted octanol–water partition coefficient (Wildman–Crippen LogP) is 5.78. The van der Waals surface area contributed by atoms with Crippen LogP contribution in [0, 0.1) is 18.3 Å². The number of rotatable bonds is 4. The summed E-state index contributed by atoms with van der Waals surface area (Å²) < 4.78 is 38.7. The van der Waals surface area contributed by atoms with E-state index in [0.717, 1.165) is 17.8 Å². The van der Waals surface area contributed by atoms with Crippen LogP contribution in [0.3, 0.4) is 0 Å². The molecule has 0 atom stereocenters. The van der Waals surface area contributed by atoms with Crippen LogP contribution in [0.1, 0.15) is 11.1 Å². The molecular weight excluding hydrogens is 402 g/mol. The molecule has 0 bridgehead atoms.